The highest BCUT2D eigenvalue weighted by Crippen LogP contribution is 2.10. The molecule has 0 aliphatic heterocycles. The van der Waals surface area contributed by atoms with Gasteiger partial charge in [-0.3, -0.25) is 4.68 Å². The third-order valence-electron chi connectivity index (χ3n) is 2.20. The van der Waals surface area contributed by atoms with E-state index in [4.69, 9.17) is 19.8 Å². The van der Waals surface area contributed by atoms with Gasteiger partial charge in [0.2, 0.25) is 0 Å². The molecule has 0 atom stereocenters. The summed E-state index contributed by atoms with van der Waals surface area (Å²) in [6, 6.07) is 0. The Labute approximate surface area is 105 Å². The Balaban J connectivity index is 0. The summed E-state index contributed by atoms with van der Waals surface area (Å²) < 4.78 is 1.92. The maximum Gasteiger partial charge on any atom is 0.414 e. The summed E-state index contributed by atoms with van der Waals surface area (Å²) in [6.07, 6.45) is 0. The SMILES string of the molecule is CNCc1c(C)nn(C)c1C.O.O=C(O)C(=O)O. The number of carboxylic acids is 2. The van der Waals surface area contributed by atoms with E-state index < -0.39 is 11.9 Å². The van der Waals surface area contributed by atoms with E-state index in [1.807, 2.05) is 25.7 Å². The summed E-state index contributed by atoms with van der Waals surface area (Å²) in [5.74, 6) is -3.65. The Bertz CT molecular complexity index is 402. The van der Waals surface area contributed by atoms with Crippen LogP contribution in [0.3, 0.4) is 0 Å². The highest BCUT2D eigenvalue weighted by molar-refractivity contribution is 6.27. The standard InChI is InChI=1S/C8H15N3.C2H2O4.H2O/c1-6-8(5-9-3)7(2)11(4)10-6;3-1(4)2(5)6;/h9H,5H2,1-4H3;(H,3,4)(H,5,6);1H2. The molecule has 0 aromatic carbocycles. The Kier molecular flexibility index (Phi) is 8.40. The third kappa shape index (κ3) is 5.41. The van der Waals surface area contributed by atoms with Crippen LogP contribution in [-0.2, 0) is 23.2 Å². The monoisotopic (exact) mass is 261 g/mol. The fraction of sp³-hybridized carbons (Fsp3) is 0.500. The van der Waals surface area contributed by atoms with Crippen molar-refractivity contribution >= 4 is 11.9 Å². The van der Waals surface area contributed by atoms with Gasteiger partial charge in [0.05, 0.1) is 5.69 Å². The number of hydrogen-bond donors (Lipinski definition) is 3. The molecule has 0 amide bonds. The quantitative estimate of drug-likeness (QED) is 0.589. The predicted molar refractivity (Wildman–Crippen MR) is 64.3 cm³/mol. The Morgan fingerprint density at radius 1 is 1.28 bits per heavy atom. The lowest BCUT2D eigenvalue weighted by atomic mass is 10.2. The van der Waals surface area contributed by atoms with Gasteiger partial charge in [-0.05, 0) is 20.9 Å². The van der Waals surface area contributed by atoms with Crippen molar-refractivity contribution < 1.29 is 25.3 Å². The molecule has 1 aromatic rings. The third-order valence-corrected chi connectivity index (χ3v) is 2.20. The first-order valence-electron chi connectivity index (χ1n) is 4.91. The first-order valence-corrected chi connectivity index (χ1v) is 4.91. The summed E-state index contributed by atoms with van der Waals surface area (Å²) in [7, 11) is 3.92. The van der Waals surface area contributed by atoms with Gasteiger partial charge in [0.1, 0.15) is 0 Å². The Hall–Kier alpha value is -1.93. The average Bonchev–Trinajstić information content (AvgIpc) is 2.46. The van der Waals surface area contributed by atoms with E-state index in [1.54, 1.807) is 0 Å². The van der Waals surface area contributed by atoms with Crippen molar-refractivity contribution in [2.45, 2.75) is 20.4 Å². The maximum atomic E-state index is 9.10. The number of nitrogens with zero attached hydrogens (tertiary/aromatic N) is 2. The number of hydrogen-bond acceptors (Lipinski definition) is 4. The lowest BCUT2D eigenvalue weighted by molar-refractivity contribution is -0.159. The van der Waals surface area contributed by atoms with Gasteiger partial charge in [-0.15, -0.1) is 0 Å². The fourth-order valence-corrected chi connectivity index (χ4v) is 1.25. The second-order valence-electron chi connectivity index (χ2n) is 3.41. The van der Waals surface area contributed by atoms with Gasteiger partial charge >= 0.3 is 11.9 Å². The van der Waals surface area contributed by atoms with Gasteiger partial charge in [-0.1, -0.05) is 0 Å². The van der Waals surface area contributed by atoms with Crippen molar-refractivity contribution in [3.05, 3.63) is 17.0 Å². The van der Waals surface area contributed by atoms with Crippen LogP contribution in [0.15, 0.2) is 0 Å². The van der Waals surface area contributed by atoms with E-state index in [9.17, 15) is 0 Å². The van der Waals surface area contributed by atoms with Crippen molar-refractivity contribution in [1.82, 2.24) is 15.1 Å². The van der Waals surface area contributed by atoms with Crippen LogP contribution in [0, 0.1) is 13.8 Å². The molecule has 0 bridgehead atoms. The van der Waals surface area contributed by atoms with E-state index in [1.165, 1.54) is 11.3 Å². The second-order valence-corrected chi connectivity index (χ2v) is 3.41. The fourth-order valence-electron chi connectivity index (χ4n) is 1.25. The van der Waals surface area contributed by atoms with Gasteiger partial charge in [0.25, 0.3) is 0 Å². The number of rotatable bonds is 2. The highest BCUT2D eigenvalue weighted by atomic mass is 16.4. The number of aliphatic carboxylic acids is 2. The molecule has 104 valence electrons. The zero-order valence-corrected chi connectivity index (χ0v) is 10.8. The van der Waals surface area contributed by atoms with Gasteiger partial charge in [-0.25, -0.2) is 9.59 Å². The second kappa shape index (κ2) is 8.20. The van der Waals surface area contributed by atoms with Gasteiger partial charge < -0.3 is 21.0 Å². The summed E-state index contributed by atoms with van der Waals surface area (Å²) in [5.41, 5.74) is 3.69. The van der Waals surface area contributed by atoms with Crippen molar-refractivity contribution in [3.8, 4) is 0 Å². The molecule has 5 N–H and O–H groups in total. The first kappa shape index (κ1) is 18.4. The van der Waals surface area contributed by atoms with Crippen LogP contribution in [0.4, 0.5) is 0 Å². The van der Waals surface area contributed by atoms with Crippen LogP contribution in [-0.4, -0.2) is 44.5 Å². The van der Waals surface area contributed by atoms with Crippen molar-refractivity contribution in [3.63, 3.8) is 0 Å². The molecule has 18 heavy (non-hydrogen) atoms. The van der Waals surface area contributed by atoms with Crippen molar-refractivity contribution in [2.75, 3.05) is 7.05 Å². The Morgan fingerprint density at radius 3 is 1.94 bits per heavy atom. The minimum absolute atomic E-state index is 0. The summed E-state index contributed by atoms with van der Waals surface area (Å²) >= 11 is 0. The van der Waals surface area contributed by atoms with Crippen LogP contribution in [0.1, 0.15) is 17.0 Å². The number of carboxylic acid groups (broad SMARTS) is 2. The average molecular weight is 261 g/mol. The number of aromatic nitrogens is 2. The van der Waals surface area contributed by atoms with E-state index >= 15 is 0 Å². The minimum Gasteiger partial charge on any atom is -0.473 e. The van der Waals surface area contributed by atoms with E-state index in [0.29, 0.717) is 0 Å². The topological polar surface area (TPSA) is 136 Å². The molecular formula is C10H19N3O5. The zero-order valence-electron chi connectivity index (χ0n) is 10.8. The molecule has 0 spiro atoms. The normalized spacial score (nSPS) is 8.89. The van der Waals surface area contributed by atoms with Crippen LogP contribution >= 0.6 is 0 Å². The molecule has 0 aliphatic rings. The van der Waals surface area contributed by atoms with Crippen molar-refractivity contribution in [2.24, 2.45) is 7.05 Å². The number of aryl methyl sites for hydroxylation is 2. The zero-order chi connectivity index (χ0) is 13.6. The molecule has 1 heterocycles. The van der Waals surface area contributed by atoms with Crippen LogP contribution in [0.5, 0.6) is 0 Å². The van der Waals surface area contributed by atoms with E-state index in [-0.39, 0.29) is 5.48 Å². The molecule has 0 fully saturated rings. The number of nitrogens with one attached hydrogen (secondary N) is 1. The van der Waals surface area contributed by atoms with Crippen LogP contribution < -0.4 is 5.32 Å². The largest absolute Gasteiger partial charge is 0.473 e. The molecule has 0 aliphatic carbocycles. The molecule has 1 aromatic heterocycles. The maximum absolute atomic E-state index is 9.10. The Morgan fingerprint density at radius 2 is 1.72 bits per heavy atom. The molecule has 8 nitrogen and oxygen atoms in total. The van der Waals surface area contributed by atoms with Gasteiger partial charge in [-0.2, -0.15) is 5.10 Å². The molecule has 0 radical (unpaired) electrons. The van der Waals surface area contributed by atoms with Gasteiger partial charge in [0.15, 0.2) is 0 Å². The first-order chi connectivity index (χ1) is 7.81. The van der Waals surface area contributed by atoms with Crippen molar-refractivity contribution in [1.29, 1.82) is 0 Å². The smallest absolute Gasteiger partial charge is 0.414 e. The van der Waals surface area contributed by atoms with Gasteiger partial charge in [0, 0.05) is 24.8 Å². The predicted octanol–water partition coefficient (Wildman–Crippen LogP) is -0.913. The summed E-state index contributed by atoms with van der Waals surface area (Å²) in [5, 5.41) is 22.2. The molecule has 0 unspecified atom stereocenters. The van der Waals surface area contributed by atoms with E-state index in [2.05, 4.69) is 17.3 Å². The summed E-state index contributed by atoms with van der Waals surface area (Å²) in [6.45, 7) is 5.04. The number of carbonyl (C=O) groups is 2. The lowest BCUT2D eigenvalue weighted by Crippen LogP contribution is -2.09. The minimum atomic E-state index is -1.82. The van der Waals surface area contributed by atoms with Crippen LogP contribution in [0.2, 0.25) is 0 Å². The molecule has 0 saturated heterocycles. The lowest BCUT2D eigenvalue weighted by Gasteiger charge is -1.98. The molecule has 0 saturated carbocycles. The van der Waals surface area contributed by atoms with Crippen LogP contribution in [0.25, 0.3) is 0 Å². The molecular weight excluding hydrogens is 242 g/mol. The molecule has 8 heteroatoms. The molecule has 1 rings (SSSR count). The summed E-state index contributed by atoms with van der Waals surface area (Å²) in [4.78, 5) is 18.2. The highest BCUT2D eigenvalue weighted by Gasteiger charge is 2.06. The van der Waals surface area contributed by atoms with E-state index in [0.717, 1.165) is 12.2 Å².